The third-order valence-electron chi connectivity index (χ3n) is 1.53. The summed E-state index contributed by atoms with van der Waals surface area (Å²) in [6.07, 6.45) is 0. The number of nitrogens with two attached hydrogens (primary N) is 2. The van der Waals surface area contributed by atoms with Crippen molar-refractivity contribution in [3.63, 3.8) is 0 Å². The van der Waals surface area contributed by atoms with Crippen LogP contribution in [0.4, 0.5) is 17.8 Å². The highest BCUT2D eigenvalue weighted by atomic mass is 16.5. The van der Waals surface area contributed by atoms with E-state index in [1.807, 2.05) is 6.07 Å². The van der Waals surface area contributed by atoms with Gasteiger partial charge in [0.2, 0.25) is 11.9 Å². The van der Waals surface area contributed by atoms with E-state index < -0.39 is 0 Å². The number of nitrogens with one attached hydrogen (secondary N) is 1. The van der Waals surface area contributed by atoms with Crippen LogP contribution < -0.4 is 16.9 Å². The molecule has 90 valence electrons. The third kappa shape index (κ3) is 4.62. The predicted molar refractivity (Wildman–Crippen MR) is 62.2 cm³/mol. The van der Waals surface area contributed by atoms with Gasteiger partial charge in [-0.25, -0.2) is 5.48 Å². The highest BCUT2D eigenvalue weighted by Crippen LogP contribution is 2.02. The van der Waals surface area contributed by atoms with Crippen molar-refractivity contribution in [3.05, 3.63) is 30.3 Å². The van der Waals surface area contributed by atoms with Gasteiger partial charge in [-0.05, 0) is 12.1 Å². The Kier molecular flexibility index (Phi) is 4.45. The summed E-state index contributed by atoms with van der Waals surface area (Å²) >= 11 is 0. The molecule has 2 aromatic rings. The number of aromatic hydroxyl groups is 1. The van der Waals surface area contributed by atoms with Crippen LogP contribution >= 0.6 is 0 Å². The largest absolute Gasteiger partial charge is 0.508 e. The Morgan fingerprint density at radius 1 is 0.941 bits per heavy atom. The molecular formula is C9H12N6O2. The molecule has 0 atom stereocenters. The molecule has 7 N–H and O–H groups in total. The van der Waals surface area contributed by atoms with Gasteiger partial charge in [-0.1, -0.05) is 18.2 Å². The molecule has 1 aromatic heterocycles. The van der Waals surface area contributed by atoms with Crippen molar-refractivity contribution in [2.45, 2.75) is 0 Å². The smallest absolute Gasteiger partial charge is 0.253 e. The van der Waals surface area contributed by atoms with Gasteiger partial charge in [0.15, 0.2) is 0 Å². The second kappa shape index (κ2) is 6.08. The number of para-hydroxylation sites is 1. The number of nitrogens with zero attached hydrogens (tertiary/aromatic N) is 3. The van der Waals surface area contributed by atoms with Crippen molar-refractivity contribution < 1.29 is 10.3 Å². The first kappa shape index (κ1) is 12.5. The standard InChI is InChI=1S/C6H6O.C3H6N6O/c7-6-4-2-1-3-5-6;4-1-6-2(5)8-3(7-1)9-10/h1-5,7H;10H,(H5,4,5,6,7,8,9). The van der Waals surface area contributed by atoms with Crippen LogP contribution in [0.2, 0.25) is 0 Å². The molecule has 0 amide bonds. The van der Waals surface area contributed by atoms with E-state index in [9.17, 15) is 0 Å². The molecule has 17 heavy (non-hydrogen) atoms. The van der Waals surface area contributed by atoms with Crippen LogP contribution in [0.1, 0.15) is 0 Å². The number of benzene rings is 1. The fourth-order valence-electron chi connectivity index (χ4n) is 0.887. The molecule has 0 saturated carbocycles. The number of phenolic OH excluding ortho intramolecular Hbond substituents is 1. The van der Waals surface area contributed by atoms with E-state index in [4.69, 9.17) is 21.8 Å². The van der Waals surface area contributed by atoms with Gasteiger partial charge in [0.25, 0.3) is 5.95 Å². The van der Waals surface area contributed by atoms with E-state index in [1.54, 1.807) is 29.7 Å². The van der Waals surface area contributed by atoms with Crippen molar-refractivity contribution in [2.75, 3.05) is 16.9 Å². The summed E-state index contributed by atoms with van der Waals surface area (Å²) in [7, 11) is 0. The molecule has 0 aliphatic rings. The summed E-state index contributed by atoms with van der Waals surface area (Å²) in [5.41, 5.74) is 12.0. The number of phenols is 1. The van der Waals surface area contributed by atoms with E-state index in [1.165, 1.54) is 0 Å². The molecule has 0 aliphatic carbocycles. The van der Waals surface area contributed by atoms with Crippen molar-refractivity contribution >= 4 is 17.8 Å². The van der Waals surface area contributed by atoms with Crippen LogP contribution in [-0.4, -0.2) is 25.3 Å². The van der Waals surface area contributed by atoms with E-state index in [0.717, 1.165) is 0 Å². The summed E-state index contributed by atoms with van der Waals surface area (Å²) < 4.78 is 0. The van der Waals surface area contributed by atoms with Gasteiger partial charge in [0.1, 0.15) is 5.75 Å². The topological polar surface area (TPSA) is 143 Å². The van der Waals surface area contributed by atoms with E-state index >= 15 is 0 Å². The van der Waals surface area contributed by atoms with Crippen LogP contribution in [0.3, 0.4) is 0 Å². The van der Waals surface area contributed by atoms with Gasteiger partial charge in [0, 0.05) is 0 Å². The summed E-state index contributed by atoms with van der Waals surface area (Å²) in [6.45, 7) is 0. The van der Waals surface area contributed by atoms with Gasteiger partial charge in [-0.15, -0.1) is 0 Å². The van der Waals surface area contributed by atoms with Crippen LogP contribution in [0, 0.1) is 0 Å². The van der Waals surface area contributed by atoms with Gasteiger partial charge >= 0.3 is 0 Å². The lowest BCUT2D eigenvalue weighted by Gasteiger charge is -1.97. The van der Waals surface area contributed by atoms with E-state index in [2.05, 4.69) is 15.0 Å². The molecule has 0 radical (unpaired) electrons. The number of hydrogen-bond acceptors (Lipinski definition) is 8. The summed E-state index contributed by atoms with van der Waals surface area (Å²) in [4.78, 5) is 10.4. The quantitative estimate of drug-likeness (QED) is 0.442. The second-order valence-electron chi connectivity index (χ2n) is 2.82. The first-order valence-corrected chi connectivity index (χ1v) is 4.53. The predicted octanol–water partition coefficient (Wildman–Crippen LogP) is 0.229. The van der Waals surface area contributed by atoms with Crippen LogP contribution in [0.5, 0.6) is 5.75 Å². The number of nitrogen functional groups attached to an aromatic ring is 2. The van der Waals surface area contributed by atoms with E-state index in [-0.39, 0.29) is 17.8 Å². The lowest BCUT2D eigenvalue weighted by atomic mass is 10.3. The molecule has 0 bridgehead atoms. The average Bonchev–Trinajstić information content (AvgIpc) is 2.29. The summed E-state index contributed by atoms with van der Waals surface area (Å²) in [5, 5.41) is 16.9. The number of aromatic nitrogens is 3. The van der Waals surface area contributed by atoms with Crippen LogP contribution in [-0.2, 0) is 0 Å². The molecule has 1 aromatic carbocycles. The van der Waals surface area contributed by atoms with Crippen molar-refractivity contribution in [1.82, 2.24) is 15.0 Å². The average molecular weight is 236 g/mol. The van der Waals surface area contributed by atoms with Gasteiger partial charge < -0.3 is 16.6 Å². The molecule has 0 aliphatic heterocycles. The molecule has 2 rings (SSSR count). The van der Waals surface area contributed by atoms with Gasteiger partial charge in [0.05, 0.1) is 0 Å². The van der Waals surface area contributed by atoms with Crippen molar-refractivity contribution in [3.8, 4) is 5.75 Å². The number of hydrogen-bond donors (Lipinski definition) is 5. The highest BCUT2D eigenvalue weighted by molar-refractivity contribution is 5.35. The highest BCUT2D eigenvalue weighted by Gasteiger charge is 1.97. The maximum absolute atomic E-state index is 8.63. The fourth-order valence-corrected chi connectivity index (χ4v) is 0.887. The number of rotatable bonds is 1. The molecule has 0 saturated heterocycles. The minimum absolute atomic E-state index is 0.0379. The zero-order chi connectivity index (χ0) is 12.7. The molecule has 0 fully saturated rings. The van der Waals surface area contributed by atoms with Gasteiger partial charge in [-0.2, -0.15) is 15.0 Å². The summed E-state index contributed by atoms with van der Waals surface area (Å²) in [6, 6.07) is 8.71. The fraction of sp³-hybridized carbons (Fsp3) is 0. The lowest BCUT2D eigenvalue weighted by Crippen LogP contribution is -2.06. The Bertz CT molecular complexity index is 444. The summed E-state index contributed by atoms with van der Waals surface area (Å²) in [5.74, 6) is 0.181. The normalized spacial score (nSPS) is 9.00. The minimum Gasteiger partial charge on any atom is -0.508 e. The third-order valence-corrected chi connectivity index (χ3v) is 1.53. The molecule has 8 nitrogen and oxygen atoms in total. The molecule has 1 heterocycles. The van der Waals surface area contributed by atoms with Gasteiger partial charge in [-0.3, -0.25) is 5.21 Å². The van der Waals surface area contributed by atoms with Crippen molar-refractivity contribution in [1.29, 1.82) is 0 Å². The molecule has 8 heteroatoms. The SMILES string of the molecule is Nc1nc(N)nc(NO)n1.Oc1ccccc1. The first-order chi connectivity index (χ1) is 8.11. The zero-order valence-electron chi connectivity index (χ0n) is 8.78. The zero-order valence-corrected chi connectivity index (χ0v) is 8.78. The Labute approximate surface area is 96.9 Å². The lowest BCUT2D eigenvalue weighted by molar-refractivity contribution is 0.382. The Morgan fingerprint density at radius 2 is 1.47 bits per heavy atom. The van der Waals surface area contributed by atoms with Crippen LogP contribution in [0.15, 0.2) is 30.3 Å². The monoisotopic (exact) mass is 236 g/mol. The number of anilines is 3. The van der Waals surface area contributed by atoms with Crippen molar-refractivity contribution in [2.24, 2.45) is 0 Å². The minimum atomic E-state index is -0.0648. The molecular weight excluding hydrogens is 224 g/mol. The Hall–Kier alpha value is -2.61. The first-order valence-electron chi connectivity index (χ1n) is 4.53. The Morgan fingerprint density at radius 3 is 1.82 bits per heavy atom. The maximum atomic E-state index is 8.63. The maximum Gasteiger partial charge on any atom is 0.253 e. The molecule has 0 spiro atoms. The van der Waals surface area contributed by atoms with Crippen LogP contribution in [0.25, 0.3) is 0 Å². The molecule has 0 unspecified atom stereocenters. The second-order valence-corrected chi connectivity index (χ2v) is 2.82. The van der Waals surface area contributed by atoms with E-state index in [0.29, 0.717) is 5.75 Å². The Balaban J connectivity index is 0.000000181.